The van der Waals surface area contributed by atoms with Crippen LogP contribution in [0.5, 0.6) is 0 Å². The molecule has 11 heavy (non-hydrogen) atoms. The zero-order valence-electron chi connectivity index (χ0n) is 6.57. The molecule has 0 saturated heterocycles. The third-order valence-corrected chi connectivity index (χ3v) is 2.03. The summed E-state index contributed by atoms with van der Waals surface area (Å²) < 4.78 is 0. The smallest absolute Gasteiger partial charge is 0.0626 e. The van der Waals surface area contributed by atoms with Crippen molar-refractivity contribution in [3.63, 3.8) is 0 Å². The third-order valence-electron chi connectivity index (χ3n) is 2.03. The highest BCUT2D eigenvalue weighted by Gasteiger charge is 2.23. The molecule has 2 aliphatic heterocycles. The summed E-state index contributed by atoms with van der Waals surface area (Å²) in [5, 5.41) is 7.65. The molecule has 0 aromatic heterocycles. The topological polar surface area (TPSA) is 37.1 Å². The van der Waals surface area contributed by atoms with E-state index < -0.39 is 0 Å². The molecule has 0 N–H and O–H groups in total. The second-order valence-electron chi connectivity index (χ2n) is 2.78. The molecule has 3 heteroatoms. The van der Waals surface area contributed by atoms with Gasteiger partial charge >= 0.3 is 0 Å². The summed E-state index contributed by atoms with van der Waals surface area (Å²) in [7, 11) is 0. The first-order valence-corrected chi connectivity index (χ1v) is 3.61. The molecule has 0 spiro atoms. The van der Waals surface area contributed by atoms with Crippen LogP contribution in [-0.4, -0.2) is 18.1 Å². The fourth-order valence-corrected chi connectivity index (χ4v) is 1.41. The minimum absolute atomic E-state index is 0.299. The predicted molar refractivity (Wildman–Crippen MR) is 46.3 cm³/mol. The zero-order valence-corrected chi connectivity index (χ0v) is 6.57. The Hall–Kier alpha value is -1.25. The maximum Gasteiger partial charge on any atom is 0.0626 e. The molecule has 56 valence electrons. The molecule has 0 amide bonds. The molecule has 0 radical (unpaired) electrons. The van der Waals surface area contributed by atoms with Crippen LogP contribution in [0.4, 0.5) is 0 Å². The van der Waals surface area contributed by atoms with Crippen LogP contribution in [0.3, 0.4) is 0 Å². The Bertz CT molecular complexity index is 307. The van der Waals surface area contributed by atoms with Crippen LogP contribution in [0.25, 0.3) is 0 Å². The Morgan fingerprint density at radius 2 is 2.09 bits per heavy atom. The van der Waals surface area contributed by atoms with E-state index in [2.05, 4.69) is 15.2 Å². The number of fused-ring (bicyclic) bond motifs is 1. The molecule has 0 aromatic rings. The van der Waals surface area contributed by atoms with Gasteiger partial charge in [0.25, 0.3) is 0 Å². The number of hydrogen-bond acceptors (Lipinski definition) is 3. The first kappa shape index (κ1) is 6.46. The number of allylic oxidation sites excluding steroid dienone is 2. The molecule has 2 heterocycles. The van der Waals surface area contributed by atoms with Crippen molar-refractivity contribution >= 4 is 18.1 Å². The predicted octanol–water partition coefficient (Wildman–Crippen LogP) is 1.42. The van der Waals surface area contributed by atoms with E-state index in [1.807, 2.05) is 20.1 Å². The highest BCUT2D eigenvalue weighted by molar-refractivity contribution is 6.10. The first-order chi connectivity index (χ1) is 5.29. The molecule has 3 nitrogen and oxygen atoms in total. The number of hydrogen-bond donors (Lipinski definition) is 0. The van der Waals surface area contributed by atoms with Crippen LogP contribution >= 0.6 is 0 Å². The average molecular weight is 147 g/mol. The lowest BCUT2D eigenvalue weighted by atomic mass is 9.98. The quantitative estimate of drug-likeness (QED) is 0.497. The Morgan fingerprint density at radius 3 is 2.82 bits per heavy atom. The maximum absolute atomic E-state index is 4.35. The second-order valence-corrected chi connectivity index (χ2v) is 2.78. The van der Waals surface area contributed by atoms with E-state index in [1.165, 1.54) is 5.57 Å². The maximum atomic E-state index is 4.35. The average Bonchev–Trinajstić information content (AvgIpc) is 2.30. The summed E-state index contributed by atoms with van der Waals surface area (Å²) in [6.07, 6.45) is 3.63. The second kappa shape index (κ2) is 2.12. The molecule has 0 aromatic carbocycles. The van der Waals surface area contributed by atoms with Crippen molar-refractivity contribution in [1.29, 1.82) is 0 Å². The summed E-state index contributed by atoms with van der Waals surface area (Å²) in [6, 6.07) is 0. The summed E-state index contributed by atoms with van der Waals surface area (Å²) in [4.78, 5) is 4.35. The van der Waals surface area contributed by atoms with Crippen molar-refractivity contribution in [2.24, 2.45) is 21.1 Å². The molecule has 0 saturated carbocycles. The molecule has 1 unspecified atom stereocenters. The molecule has 1 atom stereocenters. The number of aliphatic imine (C=N–C) groups is 1. The Labute approximate surface area is 65.2 Å². The van der Waals surface area contributed by atoms with E-state index in [9.17, 15) is 0 Å². The van der Waals surface area contributed by atoms with E-state index in [4.69, 9.17) is 0 Å². The van der Waals surface area contributed by atoms with Gasteiger partial charge in [0.1, 0.15) is 0 Å². The van der Waals surface area contributed by atoms with E-state index in [0.717, 1.165) is 11.4 Å². The highest BCUT2D eigenvalue weighted by Crippen LogP contribution is 2.24. The van der Waals surface area contributed by atoms with Crippen LogP contribution in [-0.2, 0) is 0 Å². The molecule has 2 aliphatic rings. The summed E-state index contributed by atoms with van der Waals surface area (Å²) in [6.45, 7) is 4.02. The number of nitrogens with zero attached hydrogens (tertiary/aromatic N) is 3. The van der Waals surface area contributed by atoms with Crippen LogP contribution in [0.15, 0.2) is 26.5 Å². The molecule has 0 aliphatic carbocycles. The minimum Gasteiger partial charge on any atom is -0.261 e. The fourth-order valence-electron chi connectivity index (χ4n) is 1.41. The normalized spacial score (nSPS) is 27.5. The summed E-state index contributed by atoms with van der Waals surface area (Å²) >= 11 is 0. The zero-order chi connectivity index (χ0) is 7.84. The van der Waals surface area contributed by atoms with Gasteiger partial charge in [-0.25, -0.2) is 0 Å². The van der Waals surface area contributed by atoms with Crippen LogP contribution < -0.4 is 0 Å². The monoisotopic (exact) mass is 147 g/mol. The summed E-state index contributed by atoms with van der Waals surface area (Å²) in [5.41, 5.74) is 3.38. The van der Waals surface area contributed by atoms with Gasteiger partial charge in [-0.05, 0) is 13.8 Å². The standard InChI is InChI=1S/C8H9N3/c1-5-7-3-9-10-4-8(7)6(2)11-5/h3-4,7H,1-2H3. The molecular weight excluding hydrogens is 138 g/mol. The first-order valence-electron chi connectivity index (χ1n) is 3.61. The van der Waals surface area contributed by atoms with Crippen LogP contribution in [0.2, 0.25) is 0 Å². The fraction of sp³-hybridized carbons (Fsp3) is 0.375. The Morgan fingerprint density at radius 1 is 1.27 bits per heavy atom. The molecule has 0 fully saturated rings. The van der Waals surface area contributed by atoms with Gasteiger partial charge < -0.3 is 0 Å². The van der Waals surface area contributed by atoms with Crippen molar-refractivity contribution in [3.05, 3.63) is 11.3 Å². The van der Waals surface area contributed by atoms with Gasteiger partial charge in [0, 0.05) is 23.2 Å². The van der Waals surface area contributed by atoms with Gasteiger partial charge in [0.2, 0.25) is 0 Å². The molecule has 2 rings (SSSR count). The van der Waals surface area contributed by atoms with Gasteiger partial charge in [-0.3, -0.25) is 4.99 Å². The van der Waals surface area contributed by atoms with Crippen LogP contribution in [0, 0.1) is 5.92 Å². The largest absolute Gasteiger partial charge is 0.261 e. The van der Waals surface area contributed by atoms with E-state index in [0.29, 0.717) is 5.92 Å². The van der Waals surface area contributed by atoms with Crippen molar-refractivity contribution in [1.82, 2.24) is 0 Å². The van der Waals surface area contributed by atoms with Gasteiger partial charge in [-0.1, -0.05) is 0 Å². The summed E-state index contributed by atoms with van der Waals surface area (Å²) in [5.74, 6) is 0.299. The van der Waals surface area contributed by atoms with Gasteiger partial charge in [-0.2, -0.15) is 10.2 Å². The molecule has 0 bridgehead atoms. The van der Waals surface area contributed by atoms with E-state index in [1.54, 1.807) is 6.21 Å². The van der Waals surface area contributed by atoms with Gasteiger partial charge in [0.05, 0.1) is 12.1 Å². The molecular formula is C8H9N3. The Balaban J connectivity index is 2.47. The van der Waals surface area contributed by atoms with Crippen molar-refractivity contribution < 1.29 is 0 Å². The van der Waals surface area contributed by atoms with Crippen molar-refractivity contribution in [2.75, 3.05) is 0 Å². The third kappa shape index (κ3) is 0.843. The van der Waals surface area contributed by atoms with Crippen molar-refractivity contribution in [3.8, 4) is 0 Å². The SMILES string of the molecule is CC1=NC(C)=C2C=NN=CC12. The Kier molecular flexibility index (Phi) is 1.24. The number of rotatable bonds is 0. The lowest BCUT2D eigenvalue weighted by molar-refractivity contribution is 1.11. The highest BCUT2D eigenvalue weighted by atomic mass is 15.2. The lowest BCUT2D eigenvalue weighted by Gasteiger charge is -2.07. The van der Waals surface area contributed by atoms with Gasteiger partial charge in [-0.15, -0.1) is 0 Å². The van der Waals surface area contributed by atoms with E-state index >= 15 is 0 Å². The minimum atomic E-state index is 0.299. The van der Waals surface area contributed by atoms with Crippen molar-refractivity contribution in [2.45, 2.75) is 13.8 Å². The van der Waals surface area contributed by atoms with Gasteiger partial charge in [0.15, 0.2) is 0 Å². The van der Waals surface area contributed by atoms with E-state index in [-0.39, 0.29) is 0 Å². The van der Waals surface area contributed by atoms with Crippen LogP contribution in [0.1, 0.15) is 13.8 Å². The lowest BCUT2D eigenvalue weighted by Crippen LogP contribution is -2.14.